The van der Waals surface area contributed by atoms with Gasteiger partial charge in [0.15, 0.2) is 11.7 Å². The number of amides is 4. The van der Waals surface area contributed by atoms with Crippen LogP contribution in [0.15, 0.2) is 65.7 Å². The quantitative estimate of drug-likeness (QED) is 0.0488. The number of carbonyl (C=O) groups is 5. The third kappa shape index (κ3) is 8.79. The summed E-state index contributed by atoms with van der Waals surface area (Å²) in [6.45, 7) is 3.52. The van der Waals surface area contributed by atoms with Crippen molar-refractivity contribution >= 4 is 69.7 Å². The van der Waals surface area contributed by atoms with Gasteiger partial charge in [0.05, 0.1) is 46.4 Å². The van der Waals surface area contributed by atoms with Crippen molar-refractivity contribution in [1.82, 2.24) is 18.7 Å². The van der Waals surface area contributed by atoms with Gasteiger partial charge in [-0.3, -0.25) is 29.0 Å². The number of rotatable bonds is 13. The van der Waals surface area contributed by atoms with E-state index in [1.54, 1.807) is 67.2 Å². The average Bonchev–Trinajstić information content (AvgIpc) is 3.75. The van der Waals surface area contributed by atoms with E-state index >= 15 is 0 Å². The van der Waals surface area contributed by atoms with Crippen LogP contribution in [0.2, 0.25) is 0 Å². The molecular formula is C30H34ClN11O5. The monoisotopic (exact) mass is 663 g/mol. The Balaban J connectivity index is 1.32. The Bertz CT molecular complexity index is 1910. The summed E-state index contributed by atoms with van der Waals surface area (Å²) in [5.74, 6) is -2.12. The van der Waals surface area contributed by atoms with E-state index in [1.165, 1.54) is 16.7 Å². The van der Waals surface area contributed by atoms with Gasteiger partial charge in [0.1, 0.15) is 11.4 Å². The highest BCUT2D eigenvalue weighted by atomic mass is 35.5. The molecule has 16 nitrogen and oxygen atoms in total. The average molecular weight is 664 g/mol. The van der Waals surface area contributed by atoms with E-state index in [1.807, 2.05) is 0 Å². The number of aryl methyl sites for hydroxylation is 3. The van der Waals surface area contributed by atoms with Crippen LogP contribution >= 0.6 is 11.6 Å². The minimum Gasteiger partial charge on any atom is -0.370 e. The molecule has 4 amide bonds. The zero-order chi connectivity index (χ0) is 34.4. The standard InChI is InChI=1S/C30H34ClN11O5/c1-16(31)27(45)38-20-9-24(41(3)14-20)29(47)39-21-10-23(42(4)15-21)28(46)37-18-7-17(35-12-18)11-26(44)36-19-8-22(40(2)13-19)25(43)5-6-34-30(32)33/h7-10,12-15,35H,1,5-6,11H2,2-4H3,(H,36,44)(H,37,46)(H,38,45)(H,39,47)(H4,32,33,34). The molecule has 4 rings (SSSR count). The molecule has 0 aliphatic heterocycles. The van der Waals surface area contributed by atoms with Crippen molar-refractivity contribution in [2.24, 2.45) is 37.6 Å². The lowest BCUT2D eigenvalue weighted by atomic mass is 10.2. The summed E-state index contributed by atoms with van der Waals surface area (Å²) < 4.78 is 4.69. The van der Waals surface area contributed by atoms with E-state index in [4.69, 9.17) is 23.1 Å². The van der Waals surface area contributed by atoms with Crippen LogP contribution in [0.3, 0.4) is 0 Å². The number of aliphatic imine (C=N–C) groups is 1. The summed E-state index contributed by atoms with van der Waals surface area (Å²) in [7, 11) is 4.98. The predicted molar refractivity (Wildman–Crippen MR) is 179 cm³/mol. The number of halogens is 1. The van der Waals surface area contributed by atoms with E-state index in [2.05, 4.69) is 37.8 Å². The molecule has 0 saturated heterocycles. The lowest BCUT2D eigenvalue weighted by Gasteiger charge is -2.03. The Labute approximate surface area is 273 Å². The summed E-state index contributed by atoms with van der Waals surface area (Å²) in [5, 5.41) is 10.6. The number of Topliss-reactive ketones (excluding diaryl/α,β-unsaturated/α-hetero) is 1. The molecule has 0 bridgehead atoms. The first-order chi connectivity index (χ1) is 22.2. The second-order valence-electron chi connectivity index (χ2n) is 10.6. The number of nitrogens with one attached hydrogen (secondary N) is 5. The van der Waals surface area contributed by atoms with Gasteiger partial charge in [-0.05, 0) is 24.3 Å². The third-order valence-corrected chi connectivity index (χ3v) is 6.97. The Hall–Kier alpha value is -6.03. The molecular weight excluding hydrogens is 630 g/mol. The number of aromatic nitrogens is 4. The van der Waals surface area contributed by atoms with Gasteiger partial charge in [-0.15, -0.1) is 0 Å². The Kier molecular flexibility index (Phi) is 10.4. The van der Waals surface area contributed by atoms with Crippen molar-refractivity contribution in [2.75, 3.05) is 27.8 Å². The first-order valence-electron chi connectivity index (χ1n) is 14.0. The van der Waals surface area contributed by atoms with Gasteiger partial charge in [0.25, 0.3) is 17.7 Å². The molecule has 4 aromatic heterocycles. The molecule has 4 aromatic rings. The van der Waals surface area contributed by atoms with Crippen LogP contribution in [-0.4, -0.2) is 60.6 Å². The highest BCUT2D eigenvalue weighted by Crippen LogP contribution is 2.20. The Morgan fingerprint density at radius 2 is 1.30 bits per heavy atom. The SMILES string of the molecule is C=C(Cl)C(=O)Nc1cc(C(=O)Nc2cc(C(=O)Nc3c[nH]c(CC(=O)Nc4cc(C(=O)CCN=C(N)N)n(C)c4)c3)n(C)c2)n(C)c1. The summed E-state index contributed by atoms with van der Waals surface area (Å²) in [5.41, 5.74) is 13.6. The normalized spacial score (nSPS) is 10.6. The number of nitrogens with two attached hydrogens (primary N) is 2. The second kappa shape index (κ2) is 14.4. The van der Waals surface area contributed by atoms with Crippen molar-refractivity contribution in [3.63, 3.8) is 0 Å². The van der Waals surface area contributed by atoms with Crippen LogP contribution in [0.25, 0.3) is 0 Å². The summed E-state index contributed by atoms with van der Waals surface area (Å²) in [6.07, 6.45) is 6.39. The summed E-state index contributed by atoms with van der Waals surface area (Å²) >= 11 is 5.60. The molecule has 4 heterocycles. The molecule has 0 spiro atoms. The maximum absolute atomic E-state index is 13.0. The molecule has 0 atom stereocenters. The van der Waals surface area contributed by atoms with Crippen LogP contribution in [0, 0.1) is 0 Å². The molecule has 0 unspecified atom stereocenters. The van der Waals surface area contributed by atoms with Gasteiger partial charge in [0.2, 0.25) is 5.91 Å². The molecule has 0 aromatic carbocycles. The van der Waals surface area contributed by atoms with Crippen molar-refractivity contribution < 1.29 is 24.0 Å². The molecule has 0 aliphatic carbocycles. The van der Waals surface area contributed by atoms with Crippen molar-refractivity contribution in [3.05, 3.63) is 83.4 Å². The van der Waals surface area contributed by atoms with Gasteiger partial charge in [-0.25, -0.2) is 0 Å². The number of hydrogen-bond donors (Lipinski definition) is 7. The van der Waals surface area contributed by atoms with Crippen LogP contribution in [0.4, 0.5) is 22.7 Å². The number of carbonyl (C=O) groups excluding carboxylic acids is 5. The zero-order valence-electron chi connectivity index (χ0n) is 25.8. The molecule has 246 valence electrons. The molecule has 0 aliphatic rings. The van der Waals surface area contributed by atoms with E-state index in [0.717, 1.165) is 0 Å². The van der Waals surface area contributed by atoms with Gasteiger partial charge in [-0.2, -0.15) is 0 Å². The lowest BCUT2D eigenvalue weighted by molar-refractivity contribution is -0.115. The number of nitrogens with zero attached hydrogens (tertiary/aromatic N) is 4. The third-order valence-electron chi connectivity index (χ3n) is 6.80. The van der Waals surface area contributed by atoms with Crippen molar-refractivity contribution in [3.8, 4) is 0 Å². The number of guanidine groups is 1. The maximum atomic E-state index is 13.0. The number of ketones is 1. The predicted octanol–water partition coefficient (Wildman–Crippen LogP) is 2.25. The maximum Gasteiger partial charge on any atom is 0.272 e. The second-order valence-corrected chi connectivity index (χ2v) is 11.0. The molecule has 9 N–H and O–H groups in total. The van der Waals surface area contributed by atoms with Gasteiger partial charge >= 0.3 is 0 Å². The van der Waals surface area contributed by atoms with Crippen LogP contribution in [0.1, 0.15) is 43.6 Å². The number of aromatic amines is 1. The molecule has 0 radical (unpaired) electrons. The number of anilines is 4. The first-order valence-corrected chi connectivity index (χ1v) is 14.4. The molecule has 47 heavy (non-hydrogen) atoms. The van der Waals surface area contributed by atoms with Crippen molar-refractivity contribution in [2.45, 2.75) is 12.8 Å². The van der Waals surface area contributed by atoms with E-state index in [0.29, 0.717) is 34.1 Å². The van der Waals surface area contributed by atoms with Gasteiger partial charge in [-0.1, -0.05) is 18.2 Å². The van der Waals surface area contributed by atoms with Crippen LogP contribution < -0.4 is 32.7 Å². The first kappa shape index (κ1) is 33.9. The molecule has 0 fully saturated rings. The van der Waals surface area contributed by atoms with Crippen LogP contribution in [-0.2, 0) is 37.2 Å². The highest BCUT2D eigenvalue weighted by Gasteiger charge is 2.19. The van der Waals surface area contributed by atoms with E-state index < -0.39 is 17.7 Å². The number of H-pyrrole nitrogens is 1. The molecule has 0 saturated carbocycles. The Morgan fingerprint density at radius 1 is 0.787 bits per heavy atom. The van der Waals surface area contributed by atoms with E-state index in [-0.39, 0.29) is 53.5 Å². The smallest absolute Gasteiger partial charge is 0.272 e. The highest BCUT2D eigenvalue weighted by molar-refractivity contribution is 6.43. The fourth-order valence-corrected chi connectivity index (χ4v) is 4.67. The Morgan fingerprint density at radius 3 is 1.87 bits per heavy atom. The van der Waals surface area contributed by atoms with E-state index in [9.17, 15) is 24.0 Å². The zero-order valence-corrected chi connectivity index (χ0v) is 26.6. The minimum absolute atomic E-state index is 0.0238. The largest absolute Gasteiger partial charge is 0.370 e. The van der Waals surface area contributed by atoms with Gasteiger partial charge in [0, 0.05) is 58.0 Å². The van der Waals surface area contributed by atoms with Crippen molar-refractivity contribution in [1.29, 1.82) is 0 Å². The van der Waals surface area contributed by atoms with Gasteiger partial charge < -0.3 is 51.4 Å². The molecule has 17 heteroatoms. The fourth-order valence-electron chi connectivity index (χ4n) is 4.63. The summed E-state index contributed by atoms with van der Waals surface area (Å²) in [4.78, 5) is 69.6. The fraction of sp³-hybridized carbons (Fsp3) is 0.200. The lowest BCUT2D eigenvalue weighted by Crippen LogP contribution is -2.23. The summed E-state index contributed by atoms with van der Waals surface area (Å²) in [6, 6.07) is 6.18. The topological polar surface area (TPSA) is 228 Å². The minimum atomic E-state index is -0.589. The number of hydrogen-bond acceptors (Lipinski definition) is 6. The van der Waals surface area contributed by atoms with Crippen LogP contribution in [0.5, 0.6) is 0 Å².